The molecule has 0 aliphatic heterocycles. The number of benzene rings is 8. The van der Waals surface area contributed by atoms with E-state index in [0.717, 1.165) is 77.5 Å². The molecule has 0 amide bonds. The molecular formula is C54H31N5O. The molecular weight excluding hydrogens is 735 g/mol. The van der Waals surface area contributed by atoms with Crippen LogP contribution in [0.4, 0.5) is 0 Å². The molecule has 1 unspecified atom stereocenters. The van der Waals surface area contributed by atoms with Crippen molar-refractivity contribution in [1.29, 1.82) is 10.5 Å². The molecule has 4 aromatic heterocycles. The van der Waals surface area contributed by atoms with Gasteiger partial charge in [0.05, 0.1) is 50.5 Å². The lowest BCUT2D eigenvalue weighted by Gasteiger charge is -2.23. The molecule has 0 fully saturated rings. The molecule has 8 aromatic carbocycles. The van der Waals surface area contributed by atoms with Crippen molar-refractivity contribution < 1.29 is 4.42 Å². The Hall–Kier alpha value is -8.32. The van der Waals surface area contributed by atoms with Gasteiger partial charge < -0.3 is 18.1 Å². The maximum Gasteiger partial charge on any atom is 0.145 e. The molecule has 0 saturated carbocycles. The standard InChI is InChI=1S/C54H31N5O/c55-30-33-28-50(34(31-56)27-49(33)58-46-19-9-5-16-42(46)52-48(58)26-24-41-39-15-6-10-20-51(39)60-54(41)52)59-47-25-22-35(29-43(47)40-23-21-32-11-1-2-12-36(32)53(40)59)57-44-17-7-3-13-37(44)38-14-4-8-18-45(38)57/h1-28,35H,29H2. The largest absolute Gasteiger partial charge is 0.455 e. The number of fused-ring (bicyclic) bond motifs is 15. The van der Waals surface area contributed by atoms with Crippen molar-refractivity contribution >= 4 is 93.3 Å². The molecule has 1 aliphatic carbocycles. The highest BCUT2D eigenvalue weighted by molar-refractivity contribution is 6.24. The third kappa shape index (κ3) is 4.29. The van der Waals surface area contributed by atoms with Crippen LogP contribution in [0, 0.1) is 22.7 Å². The van der Waals surface area contributed by atoms with Gasteiger partial charge in [-0.1, -0.05) is 115 Å². The highest BCUT2D eigenvalue weighted by Crippen LogP contribution is 2.45. The molecule has 4 heterocycles. The van der Waals surface area contributed by atoms with Gasteiger partial charge in [0, 0.05) is 54.4 Å². The first kappa shape index (κ1) is 32.7. The Labute approximate surface area is 342 Å². The molecule has 6 heteroatoms. The summed E-state index contributed by atoms with van der Waals surface area (Å²) in [6.45, 7) is 0. The molecule has 0 bridgehead atoms. The zero-order chi connectivity index (χ0) is 39.6. The molecule has 0 spiro atoms. The maximum absolute atomic E-state index is 11.1. The summed E-state index contributed by atoms with van der Waals surface area (Å²) in [5, 5.41) is 32.1. The maximum atomic E-state index is 11.1. The Morgan fingerprint density at radius 2 is 1.12 bits per heavy atom. The molecule has 12 aromatic rings. The van der Waals surface area contributed by atoms with Crippen molar-refractivity contribution in [3.8, 4) is 23.5 Å². The van der Waals surface area contributed by atoms with E-state index in [0.29, 0.717) is 22.5 Å². The van der Waals surface area contributed by atoms with Gasteiger partial charge in [0.2, 0.25) is 0 Å². The monoisotopic (exact) mass is 765 g/mol. The molecule has 6 nitrogen and oxygen atoms in total. The fraction of sp³-hybridized carbons (Fsp3) is 0.0370. The number of nitrogens with zero attached hydrogens (tertiary/aromatic N) is 5. The second kappa shape index (κ2) is 12.1. The van der Waals surface area contributed by atoms with Crippen molar-refractivity contribution in [3.63, 3.8) is 0 Å². The second-order valence-corrected chi connectivity index (χ2v) is 15.8. The second-order valence-electron chi connectivity index (χ2n) is 15.8. The van der Waals surface area contributed by atoms with Crippen molar-refractivity contribution in [2.45, 2.75) is 12.5 Å². The predicted molar refractivity (Wildman–Crippen MR) is 243 cm³/mol. The number of rotatable bonds is 3. The van der Waals surface area contributed by atoms with Gasteiger partial charge in [0.1, 0.15) is 23.3 Å². The van der Waals surface area contributed by atoms with Gasteiger partial charge in [-0.25, -0.2) is 0 Å². The lowest BCUT2D eigenvalue weighted by molar-refractivity contribution is 0.636. The number of hydrogen-bond acceptors (Lipinski definition) is 3. The number of nitriles is 2. The molecule has 1 aliphatic rings. The Morgan fingerprint density at radius 1 is 0.517 bits per heavy atom. The van der Waals surface area contributed by atoms with Crippen LogP contribution in [0.25, 0.3) is 105 Å². The third-order valence-corrected chi connectivity index (χ3v) is 12.9. The number of aromatic nitrogens is 3. The van der Waals surface area contributed by atoms with Crippen molar-refractivity contribution in [2.24, 2.45) is 0 Å². The van der Waals surface area contributed by atoms with Crippen LogP contribution in [0.15, 0.2) is 168 Å². The molecule has 0 saturated heterocycles. The average molecular weight is 766 g/mol. The van der Waals surface area contributed by atoms with Gasteiger partial charge >= 0.3 is 0 Å². The van der Waals surface area contributed by atoms with E-state index in [1.54, 1.807) is 0 Å². The number of para-hydroxylation sites is 4. The van der Waals surface area contributed by atoms with E-state index < -0.39 is 0 Å². The summed E-state index contributed by atoms with van der Waals surface area (Å²) in [6.07, 6.45) is 5.30. The minimum Gasteiger partial charge on any atom is -0.455 e. The smallest absolute Gasteiger partial charge is 0.145 e. The Bertz CT molecular complexity index is 3910. The summed E-state index contributed by atoms with van der Waals surface area (Å²) in [5.41, 5.74) is 11.4. The van der Waals surface area contributed by atoms with Crippen LogP contribution in [-0.2, 0) is 6.42 Å². The normalized spacial score (nSPS) is 14.0. The Kier molecular flexibility index (Phi) is 6.60. The van der Waals surface area contributed by atoms with E-state index >= 15 is 0 Å². The fourth-order valence-electron chi connectivity index (χ4n) is 10.4. The quantitative estimate of drug-likeness (QED) is 0.180. The van der Waals surface area contributed by atoms with Gasteiger partial charge in [0.15, 0.2) is 0 Å². The first-order chi connectivity index (χ1) is 29.7. The summed E-state index contributed by atoms with van der Waals surface area (Å²) in [4.78, 5) is 0. The van der Waals surface area contributed by atoms with Gasteiger partial charge in [0.25, 0.3) is 0 Å². The van der Waals surface area contributed by atoms with Gasteiger partial charge in [-0.3, -0.25) is 0 Å². The summed E-state index contributed by atoms with van der Waals surface area (Å²) in [7, 11) is 0. The highest BCUT2D eigenvalue weighted by Gasteiger charge is 2.29. The lowest BCUT2D eigenvalue weighted by atomic mass is 9.95. The van der Waals surface area contributed by atoms with E-state index in [1.165, 1.54) is 27.4 Å². The van der Waals surface area contributed by atoms with E-state index in [2.05, 4.69) is 153 Å². The highest BCUT2D eigenvalue weighted by atomic mass is 16.3. The van der Waals surface area contributed by atoms with Crippen LogP contribution in [0.5, 0.6) is 0 Å². The molecule has 0 N–H and O–H groups in total. The number of furan rings is 1. The number of allylic oxidation sites excluding steroid dienone is 1. The average Bonchev–Trinajstić information content (AvgIpc) is 4.05. The van der Waals surface area contributed by atoms with E-state index in [9.17, 15) is 10.5 Å². The van der Waals surface area contributed by atoms with E-state index in [1.807, 2.05) is 42.5 Å². The summed E-state index contributed by atoms with van der Waals surface area (Å²) >= 11 is 0. The van der Waals surface area contributed by atoms with Gasteiger partial charge in [-0.15, -0.1) is 0 Å². The minimum absolute atomic E-state index is 0.0637. The Balaban J connectivity index is 1.06. The van der Waals surface area contributed by atoms with Gasteiger partial charge in [-0.2, -0.15) is 10.5 Å². The van der Waals surface area contributed by atoms with E-state index in [-0.39, 0.29) is 6.04 Å². The summed E-state index contributed by atoms with van der Waals surface area (Å²) in [5.74, 6) is 0. The Morgan fingerprint density at radius 3 is 1.85 bits per heavy atom. The first-order valence-corrected chi connectivity index (χ1v) is 20.2. The molecule has 278 valence electrons. The van der Waals surface area contributed by atoms with Gasteiger partial charge in [-0.05, 0) is 72.0 Å². The first-order valence-electron chi connectivity index (χ1n) is 20.2. The molecule has 0 radical (unpaired) electrons. The topological polar surface area (TPSA) is 75.5 Å². The van der Waals surface area contributed by atoms with Crippen LogP contribution in [0.2, 0.25) is 0 Å². The number of hydrogen-bond donors (Lipinski definition) is 0. The lowest BCUT2D eigenvalue weighted by Crippen LogP contribution is -2.14. The SMILES string of the molecule is N#Cc1cc(-n2c3ccccc3c3c4oc5ccccc5c4ccc32)c(C#N)cc1-n1c2c(c3ccc4ccccc4c31)CC(n1c3ccccc3c3ccccc31)C=C2. The van der Waals surface area contributed by atoms with Crippen LogP contribution in [0.3, 0.4) is 0 Å². The van der Waals surface area contributed by atoms with Crippen LogP contribution in [-0.4, -0.2) is 13.7 Å². The van der Waals surface area contributed by atoms with Crippen molar-refractivity contribution in [1.82, 2.24) is 13.7 Å². The third-order valence-electron chi connectivity index (χ3n) is 12.9. The molecule has 60 heavy (non-hydrogen) atoms. The van der Waals surface area contributed by atoms with Crippen LogP contribution < -0.4 is 0 Å². The zero-order valence-corrected chi connectivity index (χ0v) is 32.1. The van der Waals surface area contributed by atoms with E-state index in [4.69, 9.17) is 4.42 Å². The fourth-order valence-corrected chi connectivity index (χ4v) is 10.4. The zero-order valence-electron chi connectivity index (χ0n) is 32.1. The summed E-state index contributed by atoms with van der Waals surface area (Å²) in [6, 6.07) is 59.8. The minimum atomic E-state index is 0.0637. The predicted octanol–water partition coefficient (Wildman–Crippen LogP) is 13.4. The summed E-state index contributed by atoms with van der Waals surface area (Å²) < 4.78 is 13.4. The molecule has 13 rings (SSSR count). The van der Waals surface area contributed by atoms with Crippen LogP contribution in [0.1, 0.15) is 28.4 Å². The van der Waals surface area contributed by atoms with Crippen LogP contribution >= 0.6 is 0 Å². The van der Waals surface area contributed by atoms with Crippen molar-refractivity contribution in [3.05, 3.63) is 186 Å². The van der Waals surface area contributed by atoms with Crippen molar-refractivity contribution in [2.75, 3.05) is 0 Å². The molecule has 1 atom stereocenters.